The molecule has 0 fully saturated rings. The Morgan fingerprint density at radius 3 is 3.05 bits per heavy atom. The van der Waals surface area contributed by atoms with Crippen LogP contribution in [0.1, 0.15) is 24.4 Å². The van der Waals surface area contributed by atoms with E-state index in [1.54, 1.807) is 19.1 Å². The van der Waals surface area contributed by atoms with Crippen LogP contribution in [0.25, 0.3) is 6.08 Å². The van der Waals surface area contributed by atoms with Crippen LogP contribution in [-0.2, 0) is 4.79 Å². The first-order valence-electron chi connectivity index (χ1n) is 5.73. The molecule has 0 saturated heterocycles. The molecule has 0 radical (unpaired) electrons. The molecule has 0 bridgehead atoms. The van der Waals surface area contributed by atoms with Crippen LogP contribution < -0.4 is 5.32 Å². The lowest BCUT2D eigenvalue weighted by Crippen LogP contribution is -2.25. The Balaban J connectivity index is 2.00. The number of amides is 1. The fourth-order valence-corrected chi connectivity index (χ4v) is 1.87. The molecule has 1 atom stereocenters. The van der Waals surface area contributed by atoms with Gasteiger partial charge in [0.1, 0.15) is 5.82 Å². The van der Waals surface area contributed by atoms with Gasteiger partial charge in [0.25, 0.3) is 0 Å². The Labute approximate surface area is 122 Å². The number of rotatable bonds is 4. The Hall–Kier alpha value is -2.09. The van der Waals surface area contributed by atoms with E-state index in [9.17, 15) is 9.18 Å². The van der Waals surface area contributed by atoms with E-state index in [4.69, 9.17) is 0 Å². The van der Waals surface area contributed by atoms with Crippen molar-refractivity contribution in [2.24, 2.45) is 0 Å². The van der Waals surface area contributed by atoms with Gasteiger partial charge in [-0.1, -0.05) is 21.1 Å². The number of hydrogen-bond donors (Lipinski definition) is 2. The minimum atomic E-state index is -0.400. The molecule has 0 aliphatic heterocycles. The number of halogens is 2. The summed E-state index contributed by atoms with van der Waals surface area (Å²) in [6.07, 6.45) is 2.65. The minimum absolute atomic E-state index is 0.321. The molecule has 0 aliphatic carbocycles. The molecule has 0 saturated carbocycles. The predicted molar refractivity (Wildman–Crippen MR) is 73.9 cm³/mol. The van der Waals surface area contributed by atoms with Crippen LogP contribution in [0.2, 0.25) is 0 Å². The quantitative estimate of drug-likeness (QED) is 0.834. The predicted octanol–water partition coefficient (Wildman–Crippen LogP) is 1.99. The van der Waals surface area contributed by atoms with Crippen molar-refractivity contribution < 1.29 is 9.18 Å². The molecule has 104 valence electrons. The van der Waals surface area contributed by atoms with Crippen molar-refractivity contribution in [1.82, 2.24) is 25.9 Å². The highest BCUT2D eigenvalue weighted by Crippen LogP contribution is 2.16. The molecule has 1 aromatic heterocycles. The number of H-pyrrole nitrogens is 1. The second-order valence-electron chi connectivity index (χ2n) is 4.00. The maximum absolute atomic E-state index is 13.5. The molecule has 2 rings (SSSR count). The standard InChI is InChI=1S/C12H11BrFN5O/c1-7(12-16-18-19-17-12)15-11(20)5-2-8-6-9(13)3-4-10(8)14/h2-7H,1H3,(H,15,20)(H,16,17,18,19). The molecule has 0 spiro atoms. The number of nitrogens with one attached hydrogen (secondary N) is 2. The van der Waals surface area contributed by atoms with Gasteiger partial charge < -0.3 is 5.32 Å². The average molecular weight is 340 g/mol. The van der Waals surface area contributed by atoms with Gasteiger partial charge in [0.05, 0.1) is 6.04 Å². The lowest BCUT2D eigenvalue weighted by Gasteiger charge is -2.07. The van der Waals surface area contributed by atoms with Gasteiger partial charge in [-0.05, 0) is 31.2 Å². The molecule has 0 aliphatic rings. The van der Waals surface area contributed by atoms with Crippen LogP contribution in [0, 0.1) is 5.82 Å². The van der Waals surface area contributed by atoms with Gasteiger partial charge in [0.2, 0.25) is 5.91 Å². The van der Waals surface area contributed by atoms with Gasteiger partial charge in [-0.2, -0.15) is 5.21 Å². The fraction of sp³-hybridized carbons (Fsp3) is 0.167. The Bertz CT molecular complexity index is 629. The fourth-order valence-electron chi connectivity index (χ4n) is 1.49. The highest BCUT2D eigenvalue weighted by molar-refractivity contribution is 9.10. The zero-order valence-electron chi connectivity index (χ0n) is 10.5. The number of aromatic amines is 1. The van der Waals surface area contributed by atoms with Crippen molar-refractivity contribution in [2.75, 3.05) is 0 Å². The molecular weight excluding hydrogens is 329 g/mol. The van der Waals surface area contributed by atoms with E-state index >= 15 is 0 Å². The molecule has 1 unspecified atom stereocenters. The Morgan fingerprint density at radius 2 is 2.35 bits per heavy atom. The Morgan fingerprint density at radius 1 is 1.55 bits per heavy atom. The maximum Gasteiger partial charge on any atom is 0.244 e. The van der Waals surface area contributed by atoms with Gasteiger partial charge in [-0.3, -0.25) is 4.79 Å². The lowest BCUT2D eigenvalue weighted by molar-refractivity contribution is -0.117. The monoisotopic (exact) mass is 339 g/mol. The summed E-state index contributed by atoms with van der Waals surface area (Å²) in [5.74, 6) is -0.398. The molecule has 2 aromatic rings. The first-order chi connectivity index (χ1) is 9.56. The second-order valence-corrected chi connectivity index (χ2v) is 4.92. The molecule has 1 heterocycles. The number of tetrazole rings is 1. The summed E-state index contributed by atoms with van der Waals surface area (Å²) >= 11 is 3.24. The molecule has 1 amide bonds. The summed E-state index contributed by atoms with van der Waals surface area (Å²) in [6.45, 7) is 1.72. The number of hydrogen-bond acceptors (Lipinski definition) is 4. The molecular formula is C12H11BrFN5O. The van der Waals surface area contributed by atoms with Crippen molar-refractivity contribution in [3.63, 3.8) is 0 Å². The van der Waals surface area contributed by atoms with Crippen molar-refractivity contribution >= 4 is 27.9 Å². The third kappa shape index (κ3) is 3.70. The van der Waals surface area contributed by atoms with Gasteiger partial charge in [0, 0.05) is 16.1 Å². The number of carbonyl (C=O) groups excluding carboxylic acids is 1. The Kier molecular flexibility index (Phi) is 4.57. The highest BCUT2D eigenvalue weighted by Gasteiger charge is 2.11. The third-order valence-corrected chi connectivity index (χ3v) is 2.97. The zero-order chi connectivity index (χ0) is 14.5. The van der Waals surface area contributed by atoms with Gasteiger partial charge in [0.15, 0.2) is 5.82 Å². The third-order valence-electron chi connectivity index (χ3n) is 2.48. The molecule has 8 heteroatoms. The summed E-state index contributed by atoms with van der Waals surface area (Å²) in [5, 5.41) is 15.9. The number of benzene rings is 1. The van der Waals surface area contributed by atoms with Crippen molar-refractivity contribution in [1.29, 1.82) is 0 Å². The van der Waals surface area contributed by atoms with Crippen molar-refractivity contribution in [2.45, 2.75) is 13.0 Å². The van der Waals surface area contributed by atoms with E-state index in [-0.39, 0.29) is 5.91 Å². The molecule has 6 nitrogen and oxygen atoms in total. The van der Waals surface area contributed by atoms with Crippen LogP contribution in [-0.4, -0.2) is 26.5 Å². The summed E-state index contributed by atoms with van der Waals surface area (Å²) < 4.78 is 14.2. The van der Waals surface area contributed by atoms with Crippen molar-refractivity contribution in [3.05, 3.63) is 46.0 Å². The summed E-state index contributed by atoms with van der Waals surface area (Å²) in [4.78, 5) is 11.7. The van der Waals surface area contributed by atoms with E-state index in [1.807, 2.05) is 0 Å². The number of carbonyl (C=O) groups is 1. The van der Waals surface area contributed by atoms with Gasteiger partial charge >= 0.3 is 0 Å². The van der Waals surface area contributed by atoms with Crippen LogP contribution in [0.5, 0.6) is 0 Å². The van der Waals surface area contributed by atoms with E-state index < -0.39 is 11.9 Å². The zero-order valence-corrected chi connectivity index (χ0v) is 12.1. The van der Waals surface area contributed by atoms with Crippen LogP contribution in [0.4, 0.5) is 4.39 Å². The smallest absolute Gasteiger partial charge is 0.244 e. The van der Waals surface area contributed by atoms with Crippen LogP contribution in [0.3, 0.4) is 0 Å². The van der Waals surface area contributed by atoms with E-state index in [2.05, 4.69) is 41.9 Å². The van der Waals surface area contributed by atoms with Gasteiger partial charge in [-0.15, -0.1) is 10.2 Å². The lowest BCUT2D eigenvalue weighted by atomic mass is 10.2. The summed E-state index contributed by atoms with van der Waals surface area (Å²) in [7, 11) is 0. The highest BCUT2D eigenvalue weighted by atomic mass is 79.9. The van der Waals surface area contributed by atoms with Crippen LogP contribution in [0.15, 0.2) is 28.7 Å². The summed E-state index contributed by atoms with van der Waals surface area (Å²) in [6, 6.07) is 4.11. The maximum atomic E-state index is 13.5. The van der Waals surface area contributed by atoms with Crippen LogP contribution >= 0.6 is 15.9 Å². The van der Waals surface area contributed by atoms with Crippen molar-refractivity contribution in [3.8, 4) is 0 Å². The number of nitrogens with zero attached hydrogens (tertiary/aromatic N) is 3. The first kappa shape index (κ1) is 14.3. The van der Waals surface area contributed by atoms with E-state index in [0.29, 0.717) is 11.4 Å². The van der Waals surface area contributed by atoms with Gasteiger partial charge in [-0.25, -0.2) is 4.39 Å². The molecule has 1 aromatic carbocycles. The topological polar surface area (TPSA) is 83.6 Å². The molecule has 20 heavy (non-hydrogen) atoms. The van der Waals surface area contributed by atoms with E-state index in [0.717, 1.165) is 4.47 Å². The summed E-state index contributed by atoms with van der Waals surface area (Å²) in [5.41, 5.74) is 0.321. The second kappa shape index (κ2) is 6.38. The average Bonchev–Trinajstić information content (AvgIpc) is 2.94. The first-order valence-corrected chi connectivity index (χ1v) is 6.52. The van der Waals surface area contributed by atoms with E-state index in [1.165, 1.54) is 18.2 Å². The molecule has 2 N–H and O–H groups in total. The number of aromatic nitrogens is 4. The SMILES string of the molecule is CC(NC(=O)C=Cc1cc(Br)ccc1F)c1nn[nH]n1. The minimum Gasteiger partial charge on any atom is -0.343 e. The largest absolute Gasteiger partial charge is 0.343 e. The normalized spacial score (nSPS) is 12.6.